The number of aliphatic hydroxyl groups excluding tert-OH is 1. The molecule has 0 amide bonds. The van der Waals surface area contributed by atoms with Crippen LogP contribution in [0.5, 0.6) is 0 Å². The molecule has 142 valence electrons. The van der Waals surface area contributed by atoms with Crippen molar-refractivity contribution < 1.29 is 33.8 Å². The first-order valence-corrected chi connectivity index (χ1v) is 9.08. The topological polar surface area (TPSA) is 173 Å². The molecule has 0 bridgehead atoms. The number of anilines is 1. The van der Waals surface area contributed by atoms with Crippen molar-refractivity contribution in [1.29, 1.82) is 0 Å². The molecule has 4 atom stereocenters. The number of hydrogen-bond donors (Lipinski definition) is 5. The maximum absolute atomic E-state index is 10.9. The summed E-state index contributed by atoms with van der Waals surface area (Å²) in [6, 6.07) is 0. The lowest BCUT2D eigenvalue weighted by atomic mass is 9.96. The summed E-state index contributed by atoms with van der Waals surface area (Å²) in [5.74, 6) is 0.211. The Labute approximate surface area is 147 Å². The van der Waals surface area contributed by atoms with E-state index in [9.17, 15) is 14.8 Å². The number of phosphoric ester groups is 1. The van der Waals surface area contributed by atoms with Gasteiger partial charge in [-0.3, -0.25) is 4.52 Å². The molecule has 3 unspecified atom stereocenters. The Morgan fingerprint density at radius 1 is 1.54 bits per heavy atom. The average Bonchev–Trinajstić information content (AvgIpc) is 3.02. The number of phosphoric acid groups is 1. The van der Waals surface area contributed by atoms with Gasteiger partial charge in [0.2, 0.25) is 0 Å². The summed E-state index contributed by atoms with van der Waals surface area (Å²) in [7, 11) is -4.75. The second kappa shape index (κ2) is 6.39. The number of aromatic nitrogens is 3. The predicted octanol–water partition coefficient (Wildman–Crippen LogP) is -0.225. The number of nitrogens with two attached hydrogens (primary N) is 1. The monoisotopic (exact) mass is 386 g/mol. The first-order valence-electron chi connectivity index (χ1n) is 7.55. The smallest absolute Gasteiger partial charge is 0.387 e. The van der Waals surface area contributed by atoms with Crippen molar-refractivity contribution >= 4 is 30.7 Å². The van der Waals surface area contributed by atoms with Crippen LogP contribution in [0.2, 0.25) is 0 Å². The lowest BCUT2D eigenvalue weighted by Gasteiger charge is -2.27. The van der Waals surface area contributed by atoms with Gasteiger partial charge in [0.15, 0.2) is 6.23 Å². The molecule has 0 radical (unpaired) electrons. The van der Waals surface area contributed by atoms with Gasteiger partial charge in [0.05, 0.1) is 12.0 Å². The molecular formula is C14H19N4O7P. The molecule has 26 heavy (non-hydrogen) atoms. The van der Waals surface area contributed by atoms with E-state index in [4.69, 9.17) is 20.3 Å². The van der Waals surface area contributed by atoms with Crippen LogP contribution in [0.25, 0.3) is 17.1 Å². The minimum absolute atomic E-state index is 0.211. The number of nitrogens with zero attached hydrogens (tertiary/aromatic N) is 3. The highest BCUT2D eigenvalue weighted by Gasteiger charge is 2.53. The molecule has 3 heterocycles. The zero-order chi connectivity index (χ0) is 19.3. The second-order valence-electron chi connectivity index (χ2n) is 6.14. The predicted molar refractivity (Wildman–Crippen MR) is 90.6 cm³/mol. The number of rotatable bonds is 5. The van der Waals surface area contributed by atoms with Crippen LogP contribution >= 0.6 is 7.82 Å². The Bertz CT molecular complexity index is 893. The molecule has 0 aromatic carbocycles. The Morgan fingerprint density at radius 3 is 2.85 bits per heavy atom. The zero-order valence-corrected chi connectivity index (χ0v) is 14.7. The Balaban J connectivity index is 2.01. The molecule has 12 heteroatoms. The number of aliphatic hydroxyl groups is 2. The summed E-state index contributed by atoms with van der Waals surface area (Å²) >= 11 is 0. The van der Waals surface area contributed by atoms with E-state index in [0.29, 0.717) is 16.6 Å². The zero-order valence-electron chi connectivity index (χ0n) is 13.8. The summed E-state index contributed by atoms with van der Waals surface area (Å²) in [6.45, 7) is 4.43. The largest absolute Gasteiger partial charge is 0.469 e. The number of hydrogen-bond acceptors (Lipinski definition) is 8. The molecule has 0 saturated carbocycles. The lowest BCUT2D eigenvalue weighted by molar-refractivity contribution is -0.0947. The maximum atomic E-state index is 10.9. The highest BCUT2D eigenvalue weighted by Crippen LogP contribution is 2.43. The van der Waals surface area contributed by atoms with E-state index in [1.807, 2.05) is 0 Å². The van der Waals surface area contributed by atoms with Gasteiger partial charge >= 0.3 is 7.82 Å². The van der Waals surface area contributed by atoms with Gasteiger partial charge in [-0.15, -0.1) is 0 Å². The lowest BCUT2D eigenvalue weighted by Crippen LogP contribution is -2.44. The van der Waals surface area contributed by atoms with Gasteiger partial charge in [0.1, 0.15) is 35.6 Å². The average molecular weight is 386 g/mol. The van der Waals surface area contributed by atoms with E-state index in [1.165, 1.54) is 23.9 Å². The normalized spacial score (nSPS) is 29.3. The molecule has 1 saturated heterocycles. The van der Waals surface area contributed by atoms with Crippen LogP contribution in [0.3, 0.4) is 0 Å². The van der Waals surface area contributed by atoms with Crippen LogP contribution in [0.4, 0.5) is 5.82 Å². The van der Waals surface area contributed by atoms with Gasteiger partial charge < -0.3 is 35.0 Å². The van der Waals surface area contributed by atoms with E-state index in [0.717, 1.165) is 0 Å². The third-order valence-electron chi connectivity index (χ3n) is 4.30. The van der Waals surface area contributed by atoms with Gasteiger partial charge in [0.25, 0.3) is 0 Å². The quantitative estimate of drug-likeness (QED) is 0.432. The number of fused-ring (bicyclic) bond motifs is 1. The molecule has 1 aliphatic rings. The van der Waals surface area contributed by atoms with E-state index in [1.54, 1.807) is 6.20 Å². The van der Waals surface area contributed by atoms with Crippen LogP contribution in [0.1, 0.15) is 18.7 Å². The Kier molecular flexibility index (Phi) is 4.65. The van der Waals surface area contributed by atoms with Crippen LogP contribution in [0, 0.1) is 0 Å². The first-order chi connectivity index (χ1) is 12.1. The highest BCUT2D eigenvalue weighted by molar-refractivity contribution is 7.46. The van der Waals surface area contributed by atoms with Crippen molar-refractivity contribution in [3.8, 4) is 0 Å². The fraction of sp³-hybridized carbons (Fsp3) is 0.429. The third kappa shape index (κ3) is 3.14. The van der Waals surface area contributed by atoms with Crippen molar-refractivity contribution in [3.63, 3.8) is 0 Å². The molecule has 6 N–H and O–H groups in total. The van der Waals surface area contributed by atoms with Crippen molar-refractivity contribution in [1.82, 2.24) is 14.5 Å². The highest BCUT2D eigenvalue weighted by atomic mass is 31.2. The van der Waals surface area contributed by atoms with Crippen LogP contribution in [-0.4, -0.2) is 59.0 Å². The van der Waals surface area contributed by atoms with Gasteiger partial charge in [-0.1, -0.05) is 12.7 Å². The van der Waals surface area contributed by atoms with Crippen molar-refractivity contribution in [2.24, 2.45) is 0 Å². The number of ether oxygens (including phenoxy) is 1. The van der Waals surface area contributed by atoms with Gasteiger partial charge in [-0.25, -0.2) is 14.5 Å². The van der Waals surface area contributed by atoms with Crippen molar-refractivity contribution in [2.75, 3.05) is 12.3 Å². The van der Waals surface area contributed by atoms with Crippen LogP contribution in [0.15, 0.2) is 19.1 Å². The summed E-state index contributed by atoms with van der Waals surface area (Å²) < 4.78 is 22.4. The van der Waals surface area contributed by atoms with E-state index >= 15 is 0 Å². The summed E-state index contributed by atoms with van der Waals surface area (Å²) in [4.78, 5) is 25.7. The SMILES string of the molecule is C=Cc1cn(C2OC(COP(=O)(O)O)C(O)[C@@]2(C)O)c2ncnc(N)c12. The van der Waals surface area contributed by atoms with Gasteiger partial charge in [0, 0.05) is 11.8 Å². The van der Waals surface area contributed by atoms with Crippen LogP contribution in [-0.2, 0) is 13.8 Å². The molecular weight excluding hydrogens is 367 g/mol. The van der Waals surface area contributed by atoms with E-state index < -0.39 is 38.5 Å². The molecule has 0 aliphatic carbocycles. The van der Waals surface area contributed by atoms with Crippen LogP contribution < -0.4 is 5.73 Å². The maximum Gasteiger partial charge on any atom is 0.469 e. The molecule has 1 fully saturated rings. The molecule has 2 aromatic rings. The van der Waals surface area contributed by atoms with E-state index in [-0.39, 0.29) is 5.82 Å². The minimum Gasteiger partial charge on any atom is -0.387 e. The van der Waals surface area contributed by atoms with Gasteiger partial charge in [-0.05, 0) is 6.92 Å². The Hall–Kier alpha value is -1.85. The fourth-order valence-electron chi connectivity index (χ4n) is 3.02. The standard InChI is InChI=1S/C14H19N4O7P/c1-3-7-4-18(12-9(7)11(15)16-6-17-12)13-14(2,20)10(19)8(25-13)5-24-26(21,22)23/h3-4,6,8,10,13,19-20H,1,5H2,2H3,(H2,15,16,17)(H2,21,22,23)/t8?,10?,13?,14-/m1/s1. The number of nitrogen functional groups attached to an aromatic ring is 1. The van der Waals surface area contributed by atoms with Crippen molar-refractivity contribution in [2.45, 2.75) is 31.0 Å². The molecule has 0 spiro atoms. The molecule has 2 aromatic heterocycles. The summed E-state index contributed by atoms with van der Waals surface area (Å²) in [5.41, 5.74) is 5.04. The Morgan fingerprint density at radius 2 is 2.23 bits per heavy atom. The fourth-order valence-corrected chi connectivity index (χ4v) is 3.36. The van der Waals surface area contributed by atoms with E-state index in [2.05, 4.69) is 21.1 Å². The third-order valence-corrected chi connectivity index (χ3v) is 4.79. The molecule has 11 nitrogen and oxygen atoms in total. The summed E-state index contributed by atoms with van der Waals surface area (Å²) in [6.07, 6.45) is 0.603. The minimum atomic E-state index is -4.75. The van der Waals surface area contributed by atoms with Gasteiger partial charge in [-0.2, -0.15) is 0 Å². The first kappa shape index (κ1) is 18.9. The molecule has 1 aliphatic heterocycles. The summed E-state index contributed by atoms with van der Waals surface area (Å²) in [5, 5.41) is 21.6. The molecule has 3 rings (SSSR count). The van der Waals surface area contributed by atoms with Crippen molar-refractivity contribution in [3.05, 3.63) is 24.7 Å². The second-order valence-corrected chi connectivity index (χ2v) is 7.38.